The van der Waals surface area contributed by atoms with Gasteiger partial charge >= 0.3 is 5.97 Å². The SMILES string of the molecule is CCCCOCCOCCOCCn1ccc(C(=O)O)n1. The maximum absolute atomic E-state index is 10.6. The van der Waals surface area contributed by atoms with Crippen molar-refractivity contribution < 1.29 is 24.1 Å². The van der Waals surface area contributed by atoms with Crippen LogP contribution in [0.5, 0.6) is 0 Å². The van der Waals surface area contributed by atoms with Crippen molar-refractivity contribution in [1.29, 1.82) is 0 Å². The number of hydrogen-bond acceptors (Lipinski definition) is 5. The average Bonchev–Trinajstić information content (AvgIpc) is 2.94. The summed E-state index contributed by atoms with van der Waals surface area (Å²) in [5.41, 5.74) is 0.0430. The van der Waals surface area contributed by atoms with E-state index >= 15 is 0 Å². The molecule has 0 aromatic carbocycles. The van der Waals surface area contributed by atoms with Crippen molar-refractivity contribution in [2.75, 3.05) is 39.6 Å². The van der Waals surface area contributed by atoms with Gasteiger partial charge in [0.1, 0.15) is 0 Å². The van der Waals surface area contributed by atoms with Crippen LogP contribution < -0.4 is 0 Å². The lowest BCUT2D eigenvalue weighted by Crippen LogP contribution is -2.13. The number of hydrogen-bond donors (Lipinski definition) is 1. The molecule has 21 heavy (non-hydrogen) atoms. The molecule has 0 aliphatic carbocycles. The Morgan fingerprint density at radius 3 is 2.33 bits per heavy atom. The molecule has 0 amide bonds. The fraction of sp³-hybridized carbons (Fsp3) is 0.714. The van der Waals surface area contributed by atoms with E-state index in [4.69, 9.17) is 19.3 Å². The van der Waals surface area contributed by atoms with E-state index < -0.39 is 5.97 Å². The van der Waals surface area contributed by atoms with Gasteiger partial charge in [-0.3, -0.25) is 4.68 Å². The predicted molar refractivity (Wildman–Crippen MR) is 76.6 cm³/mol. The van der Waals surface area contributed by atoms with Crippen LogP contribution in [0.3, 0.4) is 0 Å². The molecule has 1 rings (SSSR count). The van der Waals surface area contributed by atoms with Crippen LogP contribution in [0, 0.1) is 0 Å². The zero-order chi connectivity index (χ0) is 15.3. The van der Waals surface area contributed by atoms with Crippen molar-refractivity contribution in [1.82, 2.24) is 9.78 Å². The van der Waals surface area contributed by atoms with E-state index in [2.05, 4.69) is 12.0 Å². The Bertz CT molecular complexity index is 394. The molecule has 7 nitrogen and oxygen atoms in total. The Balaban J connectivity index is 1.89. The third kappa shape index (κ3) is 8.44. The molecule has 0 fully saturated rings. The second-order valence-electron chi connectivity index (χ2n) is 4.46. The summed E-state index contributed by atoms with van der Waals surface area (Å²) in [4.78, 5) is 10.6. The summed E-state index contributed by atoms with van der Waals surface area (Å²) < 4.78 is 17.6. The minimum absolute atomic E-state index is 0.0430. The fourth-order valence-corrected chi connectivity index (χ4v) is 1.55. The monoisotopic (exact) mass is 300 g/mol. The van der Waals surface area contributed by atoms with Gasteiger partial charge in [0.15, 0.2) is 5.69 Å². The molecular weight excluding hydrogens is 276 g/mol. The highest BCUT2D eigenvalue weighted by Gasteiger charge is 2.05. The van der Waals surface area contributed by atoms with Crippen LogP contribution in [0.4, 0.5) is 0 Å². The quantitative estimate of drug-likeness (QED) is 0.555. The van der Waals surface area contributed by atoms with Crippen molar-refractivity contribution >= 4 is 5.97 Å². The third-order valence-corrected chi connectivity index (χ3v) is 2.71. The molecule has 1 aromatic heterocycles. The molecular formula is C14H24N2O5. The number of rotatable bonds is 13. The highest BCUT2D eigenvalue weighted by atomic mass is 16.5. The van der Waals surface area contributed by atoms with Gasteiger partial charge in [-0.1, -0.05) is 13.3 Å². The normalized spacial score (nSPS) is 10.9. The average molecular weight is 300 g/mol. The smallest absolute Gasteiger partial charge is 0.356 e. The van der Waals surface area contributed by atoms with E-state index in [1.54, 1.807) is 10.9 Å². The van der Waals surface area contributed by atoms with Crippen LogP contribution in [-0.4, -0.2) is 60.5 Å². The molecule has 0 aliphatic rings. The molecule has 1 aromatic rings. The summed E-state index contributed by atoms with van der Waals surface area (Å²) in [5, 5.41) is 12.6. The maximum atomic E-state index is 10.6. The summed E-state index contributed by atoms with van der Waals surface area (Å²) in [7, 11) is 0. The second kappa shape index (κ2) is 11.2. The highest BCUT2D eigenvalue weighted by Crippen LogP contribution is 1.95. The number of ether oxygens (including phenoxy) is 3. The maximum Gasteiger partial charge on any atom is 0.356 e. The molecule has 0 unspecified atom stereocenters. The molecule has 0 saturated heterocycles. The zero-order valence-electron chi connectivity index (χ0n) is 12.5. The first-order chi connectivity index (χ1) is 10.2. The molecule has 0 aliphatic heterocycles. The summed E-state index contributed by atoms with van der Waals surface area (Å²) in [5.74, 6) is -1.02. The van der Waals surface area contributed by atoms with E-state index in [-0.39, 0.29) is 5.69 Å². The predicted octanol–water partition coefficient (Wildman–Crippen LogP) is 1.43. The van der Waals surface area contributed by atoms with Gasteiger partial charge in [0.05, 0.1) is 39.6 Å². The van der Waals surface area contributed by atoms with Gasteiger partial charge in [-0.05, 0) is 12.5 Å². The molecule has 0 saturated carbocycles. The molecule has 120 valence electrons. The van der Waals surface area contributed by atoms with Gasteiger partial charge in [0.2, 0.25) is 0 Å². The van der Waals surface area contributed by atoms with Crippen molar-refractivity contribution in [2.45, 2.75) is 26.3 Å². The van der Waals surface area contributed by atoms with Gasteiger partial charge in [0, 0.05) is 12.8 Å². The summed E-state index contributed by atoms with van der Waals surface area (Å²) in [6.45, 7) is 6.13. The van der Waals surface area contributed by atoms with E-state index in [0.29, 0.717) is 39.6 Å². The van der Waals surface area contributed by atoms with Crippen LogP contribution >= 0.6 is 0 Å². The summed E-state index contributed by atoms with van der Waals surface area (Å²) in [6, 6.07) is 1.46. The Kier molecular flexibility index (Phi) is 9.43. The van der Waals surface area contributed by atoms with Crippen molar-refractivity contribution in [3.63, 3.8) is 0 Å². The molecule has 1 N–H and O–H groups in total. The molecule has 1 heterocycles. The van der Waals surface area contributed by atoms with Crippen LogP contribution in [0.2, 0.25) is 0 Å². The van der Waals surface area contributed by atoms with E-state index in [0.717, 1.165) is 19.4 Å². The lowest BCUT2D eigenvalue weighted by molar-refractivity contribution is 0.0123. The van der Waals surface area contributed by atoms with Gasteiger partial charge in [-0.25, -0.2) is 4.79 Å². The second-order valence-corrected chi connectivity index (χ2v) is 4.46. The minimum Gasteiger partial charge on any atom is -0.476 e. The van der Waals surface area contributed by atoms with Gasteiger partial charge < -0.3 is 19.3 Å². The van der Waals surface area contributed by atoms with E-state index in [1.807, 2.05) is 0 Å². The minimum atomic E-state index is -1.02. The van der Waals surface area contributed by atoms with Crippen LogP contribution in [0.1, 0.15) is 30.3 Å². The number of aromatic carboxylic acids is 1. The number of unbranched alkanes of at least 4 members (excludes halogenated alkanes) is 1. The lowest BCUT2D eigenvalue weighted by atomic mass is 10.4. The van der Waals surface area contributed by atoms with Crippen LogP contribution in [0.15, 0.2) is 12.3 Å². The Morgan fingerprint density at radius 2 is 1.76 bits per heavy atom. The van der Waals surface area contributed by atoms with E-state index in [1.165, 1.54) is 6.07 Å². The topological polar surface area (TPSA) is 82.8 Å². The number of carboxylic acids is 1. The lowest BCUT2D eigenvalue weighted by Gasteiger charge is -2.06. The number of carboxylic acid groups (broad SMARTS) is 1. The Labute approximate surface area is 124 Å². The largest absolute Gasteiger partial charge is 0.476 e. The van der Waals surface area contributed by atoms with Crippen molar-refractivity contribution in [2.24, 2.45) is 0 Å². The van der Waals surface area contributed by atoms with Gasteiger partial charge in [-0.15, -0.1) is 0 Å². The number of nitrogens with zero attached hydrogens (tertiary/aromatic N) is 2. The van der Waals surface area contributed by atoms with Crippen LogP contribution in [0.25, 0.3) is 0 Å². The first-order valence-corrected chi connectivity index (χ1v) is 7.24. The van der Waals surface area contributed by atoms with Crippen LogP contribution in [-0.2, 0) is 20.8 Å². The van der Waals surface area contributed by atoms with Gasteiger partial charge in [-0.2, -0.15) is 5.10 Å². The first kappa shape index (κ1) is 17.6. The molecule has 0 spiro atoms. The fourth-order valence-electron chi connectivity index (χ4n) is 1.55. The third-order valence-electron chi connectivity index (χ3n) is 2.71. The highest BCUT2D eigenvalue weighted by molar-refractivity contribution is 5.84. The van der Waals surface area contributed by atoms with E-state index in [9.17, 15) is 4.79 Å². The van der Waals surface area contributed by atoms with Crippen molar-refractivity contribution in [3.05, 3.63) is 18.0 Å². The van der Waals surface area contributed by atoms with Gasteiger partial charge in [0.25, 0.3) is 0 Å². The first-order valence-electron chi connectivity index (χ1n) is 7.24. The zero-order valence-corrected chi connectivity index (χ0v) is 12.5. The summed E-state index contributed by atoms with van der Waals surface area (Å²) >= 11 is 0. The molecule has 0 bridgehead atoms. The molecule has 0 atom stereocenters. The van der Waals surface area contributed by atoms with Crippen molar-refractivity contribution in [3.8, 4) is 0 Å². The molecule has 7 heteroatoms. The Morgan fingerprint density at radius 1 is 1.14 bits per heavy atom. The number of aromatic nitrogens is 2. The standard InChI is InChI=1S/C14H24N2O5/c1-2-3-7-19-9-11-21-12-10-20-8-6-16-5-4-13(15-16)14(17)18/h4-5H,2-3,6-12H2,1H3,(H,17,18). The number of carbonyl (C=O) groups is 1. The summed E-state index contributed by atoms with van der Waals surface area (Å²) in [6.07, 6.45) is 3.84. The Hall–Kier alpha value is -1.44. The molecule has 0 radical (unpaired) electrons.